The zero-order valence-electron chi connectivity index (χ0n) is 11.5. The fourth-order valence-electron chi connectivity index (χ4n) is 2.56. The van der Waals surface area contributed by atoms with E-state index in [1.54, 1.807) is 0 Å². The van der Waals surface area contributed by atoms with Gasteiger partial charge in [0.2, 0.25) is 0 Å². The molecule has 0 radical (unpaired) electrons. The minimum absolute atomic E-state index is 0.649. The summed E-state index contributed by atoms with van der Waals surface area (Å²) < 4.78 is 0. The fourth-order valence-corrected chi connectivity index (χ4v) is 2.56. The van der Waals surface area contributed by atoms with E-state index in [1.807, 2.05) is 0 Å². The highest BCUT2D eigenvalue weighted by Crippen LogP contribution is 2.16. The molecule has 1 aliphatic heterocycles. The molecule has 3 nitrogen and oxygen atoms in total. The van der Waals surface area contributed by atoms with Crippen molar-refractivity contribution in [1.29, 1.82) is 0 Å². The van der Waals surface area contributed by atoms with Crippen molar-refractivity contribution in [3.8, 4) is 0 Å². The SMILES string of the molecule is CCC(CN(C)CC1CCN(C)CC1)NC. The number of likely N-dealkylation sites (tertiary alicyclic amines) is 1. The van der Waals surface area contributed by atoms with E-state index in [9.17, 15) is 0 Å². The highest BCUT2D eigenvalue weighted by Gasteiger charge is 2.18. The van der Waals surface area contributed by atoms with Gasteiger partial charge in [-0.25, -0.2) is 0 Å². The predicted octanol–water partition coefficient (Wildman–Crippen LogP) is 1.26. The van der Waals surface area contributed by atoms with Crippen LogP contribution in [0, 0.1) is 5.92 Å². The van der Waals surface area contributed by atoms with Gasteiger partial charge in [-0.3, -0.25) is 0 Å². The molecule has 1 aliphatic rings. The van der Waals surface area contributed by atoms with Crippen LogP contribution in [0.25, 0.3) is 0 Å². The molecule has 0 aliphatic carbocycles. The molecule has 3 heteroatoms. The van der Waals surface area contributed by atoms with Crippen LogP contribution in [0.4, 0.5) is 0 Å². The van der Waals surface area contributed by atoms with Gasteiger partial charge in [0.1, 0.15) is 0 Å². The maximum Gasteiger partial charge on any atom is 0.0189 e. The Labute approximate surface area is 101 Å². The van der Waals surface area contributed by atoms with Gasteiger partial charge in [0, 0.05) is 19.1 Å². The number of rotatable bonds is 6. The highest BCUT2D eigenvalue weighted by molar-refractivity contribution is 4.74. The van der Waals surface area contributed by atoms with Crippen LogP contribution in [0.1, 0.15) is 26.2 Å². The summed E-state index contributed by atoms with van der Waals surface area (Å²) in [6, 6.07) is 0.649. The lowest BCUT2D eigenvalue weighted by Gasteiger charge is -2.32. The minimum atomic E-state index is 0.649. The molecular formula is C13H29N3. The Morgan fingerprint density at radius 3 is 2.50 bits per heavy atom. The van der Waals surface area contributed by atoms with Gasteiger partial charge in [0.05, 0.1) is 0 Å². The number of hydrogen-bond acceptors (Lipinski definition) is 3. The number of nitrogens with one attached hydrogen (secondary N) is 1. The van der Waals surface area contributed by atoms with Gasteiger partial charge in [-0.1, -0.05) is 6.92 Å². The van der Waals surface area contributed by atoms with Crippen molar-refractivity contribution >= 4 is 0 Å². The summed E-state index contributed by atoms with van der Waals surface area (Å²) in [5.74, 6) is 0.913. The van der Waals surface area contributed by atoms with Gasteiger partial charge in [-0.15, -0.1) is 0 Å². The van der Waals surface area contributed by atoms with Gasteiger partial charge in [0.25, 0.3) is 0 Å². The standard InChI is InChI=1S/C13H29N3/c1-5-13(14-2)11-16(4)10-12-6-8-15(3)9-7-12/h12-14H,5-11H2,1-4H3. The number of piperidine rings is 1. The van der Waals surface area contributed by atoms with Crippen molar-refractivity contribution in [1.82, 2.24) is 15.1 Å². The lowest BCUT2D eigenvalue weighted by Crippen LogP contribution is -2.41. The Morgan fingerprint density at radius 1 is 1.38 bits per heavy atom. The molecular weight excluding hydrogens is 198 g/mol. The minimum Gasteiger partial charge on any atom is -0.316 e. The summed E-state index contributed by atoms with van der Waals surface area (Å²) >= 11 is 0. The van der Waals surface area contributed by atoms with E-state index in [4.69, 9.17) is 0 Å². The summed E-state index contributed by atoms with van der Waals surface area (Å²) in [6.07, 6.45) is 3.96. The smallest absolute Gasteiger partial charge is 0.0189 e. The number of likely N-dealkylation sites (N-methyl/N-ethyl adjacent to an activating group) is 2. The average Bonchev–Trinajstić information content (AvgIpc) is 2.29. The van der Waals surface area contributed by atoms with Crippen LogP contribution in [0.5, 0.6) is 0 Å². The van der Waals surface area contributed by atoms with Crippen molar-refractivity contribution in [2.75, 3.05) is 47.3 Å². The molecule has 0 saturated carbocycles. The van der Waals surface area contributed by atoms with Crippen LogP contribution in [0.2, 0.25) is 0 Å². The molecule has 1 heterocycles. The summed E-state index contributed by atoms with van der Waals surface area (Å²) in [5.41, 5.74) is 0. The normalized spacial score (nSPS) is 21.6. The first-order chi connectivity index (χ1) is 7.65. The van der Waals surface area contributed by atoms with E-state index in [2.05, 4.69) is 43.2 Å². The summed E-state index contributed by atoms with van der Waals surface area (Å²) in [7, 11) is 6.56. The van der Waals surface area contributed by atoms with Crippen molar-refractivity contribution < 1.29 is 0 Å². The van der Waals surface area contributed by atoms with Crippen molar-refractivity contribution in [3.63, 3.8) is 0 Å². The molecule has 0 aromatic rings. The van der Waals surface area contributed by atoms with Crippen LogP contribution in [0.3, 0.4) is 0 Å². The summed E-state index contributed by atoms with van der Waals surface area (Å²) in [5, 5.41) is 3.38. The third-order valence-electron chi connectivity index (χ3n) is 3.84. The van der Waals surface area contributed by atoms with Crippen molar-refractivity contribution in [3.05, 3.63) is 0 Å². The monoisotopic (exact) mass is 227 g/mol. The first kappa shape index (κ1) is 13.9. The van der Waals surface area contributed by atoms with Gasteiger partial charge in [-0.2, -0.15) is 0 Å². The Balaban J connectivity index is 2.20. The largest absolute Gasteiger partial charge is 0.316 e. The van der Waals surface area contributed by atoms with Crippen LogP contribution in [0.15, 0.2) is 0 Å². The second kappa shape index (κ2) is 7.25. The van der Waals surface area contributed by atoms with Gasteiger partial charge in [-0.05, 0) is 59.4 Å². The average molecular weight is 227 g/mol. The fraction of sp³-hybridized carbons (Fsp3) is 1.00. The molecule has 1 atom stereocenters. The molecule has 0 bridgehead atoms. The maximum atomic E-state index is 3.38. The van der Waals surface area contributed by atoms with Gasteiger partial charge < -0.3 is 15.1 Å². The summed E-state index contributed by atoms with van der Waals surface area (Å²) in [4.78, 5) is 4.94. The topological polar surface area (TPSA) is 18.5 Å². The second-order valence-electron chi connectivity index (χ2n) is 5.36. The Morgan fingerprint density at radius 2 is 2.00 bits per heavy atom. The van der Waals surface area contributed by atoms with Crippen molar-refractivity contribution in [2.24, 2.45) is 5.92 Å². The van der Waals surface area contributed by atoms with Gasteiger partial charge >= 0.3 is 0 Å². The van der Waals surface area contributed by atoms with E-state index < -0.39 is 0 Å². The lowest BCUT2D eigenvalue weighted by atomic mass is 9.96. The zero-order valence-corrected chi connectivity index (χ0v) is 11.5. The van der Waals surface area contributed by atoms with Crippen LogP contribution < -0.4 is 5.32 Å². The van der Waals surface area contributed by atoms with Crippen LogP contribution in [-0.2, 0) is 0 Å². The molecule has 16 heavy (non-hydrogen) atoms. The van der Waals surface area contributed by atoms with Crippen LogP contribution >= 0.6 is 0 Å². The zero-order chi connectivity index (χ0) is 12.0. The summed E-state index contributed by atoms with van der Waals surface area (Å²) in [6.45, 7) is 7.26. The number of hydrogen-bond donors (Lipinski definition) is 1. The lowest BCUT2D eigenvalue weighted by molar-refractivity contribution is 0.169. The van der Waals surface area contributed by atoms with E-state index in [1.165, 1.54) is 45.4 Å². The van der Waals surface area contributed by atoms with E-state index >= 15 is 0 Å². The first-order valence-corrected chi connectivity index (χ1v) is 6.70. The third kappa shape index (κ3) is 4.81. The highest BCUT2D eigenvalue weighted by atomic mass is 15.1. The van der Waals surface area contributed by atoms with E-state index in [0.29, 0.717) is 6.04 Å². The molecule has 1 fully saturated rings. The molecule has 0 aromatic carbocycles. The third-order valence-corrected chi connectivity index (χ3v) is 3.84. The van der Waals surface area contributed by atoms with E-state index in [-0.39, 0.29) is 0 Å². The quantitative estimate of drug-likeness (QED) is 0.737. The second-order valence-corrected chi connectivity index (χ2v) is 5.36. The molecule has 0 aromatic heterocycles. The maximum absolute atomic E-state index is 3.38. The van der Waals surface area contributed by atoms with Crippen LogP contribution in [-0.4, -0.2) is 63.2 Å². The van der Waals surface area contributed by atoms with Gasteiger partial charge in [0.15, 0.2) is 0 Å². The molecule has 1 rings (SSSR count). The number of nitrogens with zero attached hydrogens (tertiary/aromatic N) is 2. The predicted molar refractivity (Wildman–Crippen MR) is 70.9 cm³/mol. The molecule has 0 spiro atoms. The molecule has 96 valence electrons. The molecule has 1 unspecified atom stereocenters. The Bertz CT molecular complexity index is 172. The molecule has 1 saturated heterocycles. The molecule has 0 amide bonds. The Kier molecular flexibility index (Phi) is 6.32. The van der Waals surface area contributed by atoms with Crippen molar-refractivity contribution in [2.45, 2.75) is 32.2 Å². The van der Waals surface area contributed by atoms with E-state index in [0.717, 1.165) is 5.92 Å². The first-order valence-electron chi connectivity index (χ1n) is 6.70. The Hall–Kier alpha value is -0.120. The molecule has 1 N–H and O–H groups in total.